The zero-order chi connectivity index (χ0) is 18.2. The third-order valence-corrected chi connectivity index (χ3v) is 5.62. The van der Waals surface area contributed by atoms with Crippen molar-refractivity contribution in [2.45, 2.75) is 44.9 Å². The van der Waals surface area contributed by atoms with Gasteiger partial charge in [0.1, 0.15) is 0 Å². The minimum Gasteiger partial charge on any atom is -0.489 e. The Balaban J connectivity index is 1.51. The van der Waals surface area contributed by atoms with E-state index >= 15 is 0 Å². The van der Waals surface area contributed by atoms with Crippen LogP contribution in [0.1, 0.15) is 44.9 Å². The molecule has 1 aromatic heterocycles. The molecule has 0 spiro atoms. The molecule has 26 heavy (non-hydrogen) atoms. The van der Waals surface area contributed by atoms with Crippen LogP contribution in [0.4, 0.5) is 5.82 Å². The van der Waals surface area contributed by atoms with Gasteiger partial charge in [-0.2, -0.15) is 0 Å². The predicted octanol–water partition coefficient (Wildman–Crippen LogP) is 2.65. The maximum atomic E-state index is 12.6. The second-order valence-electron chi connectivity index (χ2n) is 7.56. The highest BCUT2D eigenvalue weighted by atomic mass is 16.5. The van der Waals surface area contributed by atoms with Crippen molar-refractivity contribution in [3.8, 4) is 5.75 Å². The number of carbonyl (C=O) groups excluding carboxylic acids is 1. The van der Waals surface area contributed by atoms with Gasteiger partial charge < -0.3 is 20.7 Å². The zero-order valence-corrected chi connectivity index (χ0v) is 15.7. The molecule has 2 heterocycles. The number of ether oxygens (including phenoxy) is 1. The fraction of sp³-hybridized carbons (Fsp3) is 0.700. The summed E-state index contributed by atoms with van der Waals surface area (Å²) in [5.41, 5.74) is 5.61. The van der Waals surface area contributed by atoms with Crippen molar-refractivity contribution in [1.29, 1.82) is 0 Å². The summed E-state index contributed by atoms with van der Waals surface area (Å²) in [7, 11) is 0. The summed E-state index contributed by atoms with van der Waals surface area (Å²) in [6.07, 6.45) is 9.86. The summed E-state index contributed by atoms with van der Waals surface area (Å²) in [6, 6.07) is 3.76. The van der Waals surface area contributed by atoms with Gasteiger partial charge in [0, 0.05) is 25.2 Å². The Hall–Kier alpha value is -1.66. The number of nitrogens with zero attached hydrogens (tertiary/aromatic N) is 2. The molecule has 144 valence electrons. The van der Waals surface area contributed by atoms with Gasteiger partial charge in [0.2, 0.25) is 5.91 Å². The molecule has 2 fully saturated rings. The number of nitrogens with two attached hydrogens (primary N) is 1. The first-order valence-electron chi connectivity index (χ1n) is 10.1. The molecular weight excluding hydrogens is 328 g/mol. The first-order valence-corrected chi connectivity index (χ1v) is 10.1. The lowest BCUT2D eigenvalue weighted by molar-refractivity contribution is -0.121. The number of anilines is 1. The molecule has 3 rings (SSSR count). The van der Waals surface area contributed by atoms with Crippen molar-refractivity contribution in [1.82, 2.24) is 9.88 Å². The van der Waals surface area contributed by atoms with Crippen LogP contribution in [0, 0.1) is 11.8 Å². The van der Waals surface area contributed by atoms with E-state index in [2.05, 4.69) is 15.2 Å². The van der Waals surface area contributed by atoms with E-state index in [1.54, 1.807) is 6.20 Å². The largest absolute Gasteiger partial charge is 0.489 e. The number of rotatable bonds is 7. The van der Waals surface area contributed by atoms with Crippen LogP contribution in [-0.4, -0.2) is 48.6 Å². The summed E-state index contributed by atoms with van der Waals surface area (Å²) in [6.45, 7) is 4.16. The van der Waals surface area contributed by atoms with Crippen molar-refractivity contribution >= 4 is 11.7 Å². The van der Waals surface area contributed by atoms with Gasteiger partial charge >= 0.3 is 0 Å². The topological polar surface area (TPSA) is 80.5 Å². The van der Waals surface area contributed by atoms with Gasteiger partial charge in [0.15, 0.2) is 11.6 Å². The van der Waals surface area contributed by atoms with E-state index < -0.39 is 0 Å². The predicted molar refractivity (Wildman–Crippen MR) is 103 cm³/mol. The van der Waals surface area contributed by atoms with Crippen LogP contribution in [0.2, 0.25) is 0 Å². The van der Waals surface area contributed by atoms with Gasteiger partial charge in [0.25, 0.3) is 0 Å². The Bertz CT molecular complexity index is 567. The molecular formula is C20H32N4O2. The maximum Gasteiger partial charge on any atom is 0.228 e. The Morgan fingerprint density at radius 1 is 1.23 bits per heavy atom. The summed E-state index contributed by atoms with van der Waals surface area (Å²) in [5, 5.41) is 3.00. The minimum absolute atomic E-state index is 0.0391. The lowest BCUT2D eigenvalue weighted by Gasteiger charge is -2.30. The van der Waals surface area contributed by atoms with Crippen molar-refractivity contribution in [2.24, 2.45) is 17.6 Å². The molecule has 3 N–H and O–H groups in total. The lowest BCUT2D eigenvalue weighted by Crippen LogP contribution is -2.40. The Morgan fingerprint density at radius 3 is 2.73 bits per heavy atom. The first kappa shape index (κ1) is 19.1. The third kappa shape index (κ3) is 5.42. The zero-order valence-electron chi connectivity index (χ0n) is 15.7. The smallest absolute Gasteiger partial charge is 0.228 e. The number of carbonyl (C=O) groups is 1. The fourth-order valence-corrected chi connectivity index (χ4v) is 3.98. The molecule has 1 amide bonds. The van der Waals surface area contributed by atoms with E-state index in [0.29, 0.717) is 30.6 Å². The minimum atomic E-state index is 0.0391. The summed E-state index contributed by atoms with van der Waals surface area (Å²) in [4.78, 5) is 19.3. The van der Waals surface area contributed by atoms with E-state index in [-0.39, 0.29) is 11.8 Å². The van der Waals surface area contributed by atoms with Crippen LogP contribution in [-0.2, 0) is 4.79 Å². The van der Waals surface area contributed by atoms with E-state index in [4.69, 9.17) is 10.5 Å². The number of hydrogen-bond donors (Lipinski definition) is 2. The number of piperidine rings is 1. The number of likely N-dealkylation sites (tertiary alicyclic amines) is 1. The molecule has 0 bridgehead atoms. The molecule has 0 unspecified atom stereocenters. The number of nitrogens with one attached hydrogen (secondary N) is 1. The number of amides is 1. The molecule has 6 nitrogen and oxygen atoms in total. The molecule has 0 atom stereocenters. The number of hydrogen-bond acceptors (Lipinski definition) is 5. The van der Waals surface area contributed by atoms with Gasteiger partial charge in [-0.15, -0.1) is 0 Å². The van der Waals surface area contributed by atoms with Crippen LogP contribution in [0.25, 0.3) is 0 Å². The van der Waals surface area contributed by atoms with Crippen LogP contribution in [0.5, 0.6) is 5.75 Å². The number of aromatic nitrogens is 1. The SMILES string of the molecule is NCCN1CCC(C(=O)Nc2ncccc2OCC2CCCCC2)CC1. The normalized spacial score (nSPS) is 20.0. The van der Waals surface area contributed by atoms with E-state index in [1.165, 1.54) is 32.1 Å². The van der Waals surface area contributed by atoms with E-state index in [0.717, 1.165) is 32.5 Å². The quantitative estimate of drug-likeness (QED) is 0.781. The van der Waals surface area contributed by atoms with Crippen molar-refractivity contribution in [2.75, 3.05) is 38.1 Å². The molecule has 1 saturated heterocycles. The van der Waals surface area contributed by atoms with Crippen molar-refractivity contribution in [3.05, 3.63) is 18.3 Å². The van der Waals surface area contributed by atoms with Crippen LogP contribution < -0.4 is 15.8 Å². The summed E-state index contributed by atoms with van der Waals surface area (Å²) < 4.78 is 6.01. The van der Waals surface area contributed by atoms with Crippen LogP contribution in [0.3, 0.4) is 0 Å². The Morgan fingerprint density at radius 2 is 2.00 bits per heavy atom. The summed E-state index contributed by atoms with van der Waals surface area (Å²) >= 11 is 0. The second-order valence-corrected chi connectivity index (χ2v) is 7.56. The average molecular weight is 361 g/mol. The van der Waals surface area contributed by atoms with Gasteiger partial charge in [-0.3, -0.25) is 4.79 Å². The highest BCUT2D eigenvalue weighted by Gasteiger charge is 2.25. The van der Waals surface area contributed by atoms with E-state index in [9.17, 15) is 4.79 Å². The van der Waals surface area contributed by atoms with Gasteiger partial charge in [-0.05, 0) is 56.8 Å². The van der Waals surface area contributed by atoms with Crippen LogP contribution in [0.15, 0.2) is 18.3 Å². The van der Waals surface area contributed by atoms with E-state index in [1.807, 2.05) is 12.1 Å². The monoisotopic (exact) mass is 360 g/mol. The van der Waals surface area contributed by atoms with Crippen molar-refractivity contribution in [3.63, 3.8) is 0 Å². The lowest BCUT2D eigenvalue weighted by atomic mass is 9.90. The van der Waals surface area contributed by atoms with Crippen LogP contribution >= 0.6 is 0 Å². The summed E-state index contributed by atoms with van der Waals surface area (Å²) in [5.74, 6) is 1.96. The molecule has 1 saturated carbocycles. The molecule has 1 aromatic rings. The molecule has 1 aliphatic heterocycles. The van der Waals surface area contributed by atoms with Gasteiger partial charge in [0.05, 0.1) is 6.61 Å². The Kier molecular flexibility index (Phi) is 7.26. The third-order valence-electron chi connectivity index (χ3n) is 5.62. The molecule has 0 aromatic carbocycles. The molecule has 6 heteroatoms. The molecule has 1 aliphatic carbocycles. The standard InChI is InChI=1S/C20H32N4O2/c21-10-14-24-12-8-17(9-13-24)20(25)23-19-18(7-4-11-22-19)26-15-16-5-2-1-3-6-16/h4,7,11,16-17H,1-3,5-6,8-10,12-15,21H2,(H,22,23,25). The highest BCUT2D eigenvalue weighted by molar-refractivity contribution is 5.92. The molecule has 2 aliphatic rings. The van der Waals surface area contributed by atoms with Gasteiger partial charge in [-0.25, -0.2) is 4.98 Å². The van der Waals surface area contributed by atoms with Crippen molar-refractivity contribution < 1.29 is 9.53 Å². The maximum absolute atomic E-state index is 12.6. The second kappa shape index (κ2) is 9.88. The number of pyridine rings is 1. The average Bonchev–Trinajstić information content (AvgIpc) is 2.69. The molecule has 0 radical (unpaired) electrons. The van der Waals surface area contributed by atoms with Gasteiger partial charge in [-0.1, -0.05) is 19.3 Å². The highest BCUT2D eigenvalue weighted by Crippen LogP contribution is 2.28. The first-order chi connectivity index (χ1) is 12.8. The fourth-order valence-electron chi connectivity index (χ4n) is 3.98. The Labute approximate surface area is 156 Å².